The molecule has 5 aromatic carbocycles. The van der Waals surface area contributed by atoms with Crippen LogP contribution in [0, 0.1) is 0 Å². The molecular formula is C40H32N4. The van der Waals surface area contributed by atoms with Crippen molar-refractivity contribution in [3.05, 3.63) is 138 Å². The Bertz CT molecular complexity index is 2200. The molecule has 4 heteroatoms. The van der Waals surface area contributed by atoms with Gasteiger partial charge in [0.25, 0.3) is 0 Å². The number of hydrogen-bond donors (Lipinski definition) is 0. The maximum absolute atomic E-state index is 5.14. The van der Waals surface area contributed by atoms with Crippen molar-refractivity contribution in [2.45, 2.75) is 33.1 Å². The van der Waals surface area contributed by atoms with E-state index in [9.17, 15) is 0 Å². The molecule has 2 aromatic heterocycles. The van der Waals surface area contributed by atoms with Gasteiger partial charge in [-0.1, -0.05) is 111 Å². The minimum atomic E-state index is -0.127. The fourth-order valence-electron chi connectivity index (χ4n) is 6.74. The van der Waals surface area contributed by atoms with E-state index in [4.69, 9.17) is 15.0 Å². The highest BCUT2D eigenvalue weighted by Gasteiger charge is 2.36. The van der Waals surface area contributed by atoms with Crippen molar-refractivity contribution < 1.29 is 0 Å². The lowest BCUT2D eigenvalue weighted by Gasteiger charge is -2.21. The Morgan fingerprint density at radius 2 is 1.23 bits per heavy atom. The topological polar surface area (TPSA) is 43.6 Å². The molecule has 0 amide bonds. The second-order valence-electron chi connectivity index (χ2n) is 12.1. The summed E-state index contributed by atoms with van der Waals surface area (Å²) in [6, 6.07) is 40.7. The number of fused-ring (bicyclic) bond motifs is 6. The van der Waals surface area contributed by atoms with Crippen LogP contribution in [0.1, 0.15) is 44.4 Å². The zero-order chi connectivity index (χ0) is 30.0. The Hall–Kier alpha value is -5.35. The number of allylic oxidation sites excluding steroid dienone is 2. The van der Waals surface area contributed by atoms with Crippen LogP contribution in [0.4, 0.5) is 0 Å². The van der Waals surface area contributed by atoms with E-state index in [-0.39, 0.29) is 5.41 Å². The van der Waals surface area contributed by atoms with Crippen LogP contribution in [0.2, 0.25) is 0 Å². The van der Waals surface area contributed by atoms with Crippen molar-refractivity contribution in [1.82, 2.24) is 19.5 Å². The Balaban J connectivity index is 1.48. The molecule has 0 radical (unpaired) electrons. The molecule has 0 bridgehead atoms. The quantitative estimate of drug-likeness (QED) is 0.212. The fraction of sp³-hybridized carbons (Fsp3) is 0.125. The average molecular weight is 569 g/mol. The van der Waals surface area contributed by atoms with Crippen molar-refractivity contribution in [2.24, 2.45) is 0 Å². The van der Waals surface area contributed by atoms with E-state index in [1.807, 2.05) is 36.4 Å². The molecule has 8 rings (SSSR count). The smallest absolute Gasteiger partial charge is 0.238 e. The summed E-state index contributed by atoms with van der Waals surface area (Å²) in [4.78, 5) is 15.2. The van der Waals surface area contributed by atoms with Crippen LogP contribution < -0.4 is 0 Å². The first-order valence-corrected chi connectivity index (χ1v) is 15.2. The number of aromatic nitrogens is 4. The minimum Gasteiger partial charge on any atom is -0.278 e. The van der Waals surface area contributed by atoms with Gasteiger partial charge in [-0.3, -0.25) is 4.57 Å². The van der Waals surface area contributed by atoms with E-state index < -0.39 is 0 Å². The highest BCUT2D eigenvalue weighted by atomic mass is 15.2. The van der Waals surface area contributed by atoms with Gasteiger partial charge in [0.1, 0.15) is 0 Å². The third kappa shape index (κ3) is 3.95. The minimum absolute atomic E-state index is 0.127. The van der Waals surface area contributed by atoms with Crippen LogP contribution in [0.5, 0.6) is 0 Å². The van der Waals surface area contributed by atoms with Gasteiger partial charge in [0, 0.05) is 27.3 Å². The van der Waals surface area contributed by atoms with E-state index in [2.05, 4.69) is 117 Å². The predicted octanol–water partition coefficient (Wildman–Crippen LogP) is 10.0. The molecule has 1 aliphatic rings. The van der Waals surface area contributed by atoms with Gasteiger partial charge in [-0.25, -0.2) is 4.98 Å². The Kier molecular flexibility index (Phi) is 5.89. The van der Waals surface area contributed by atoms with Crippen LogP contribution >= 0.6 is 0 Å². The monoisotopic (exact) mass is 568 g/mol. The summed E-state index contributed by atoms with van der Waals surface area (Å²) in [5.74, 6) is 1.92. The fourth-order valence-corrected chi connectivity index (χ4v) is 6.74. The molecule has 0 fully saturated rings. The van der Waals surface area contributed by atoms with Gasteiger partial charge in [0.2, 0.25) is 5.95 Å². The van der Waals surface area contributed by atoms with E-state index in [1.165, 1.54) is 44.2 Å². The second-order valence-corrected chi connectivity index (χ2v) is 12.1. The van der Waals surface area contributed by atoms with Crippen LogP contribution in [0.15, 0.2) is 121 Å². The first-order valence-electron chi connectivity index (χ1n) is 15.2. The summed E-state index contributed by atoms with van der Waals surface area (Å²) >= 11 is 0. The highest BCUT2D eigenvalue weighted by Crippen LogP contribution is 2.51. The van der Waals surface area contributed by atoms with Crippen LogP contribution in [0.3, 0.4) is 0 Å². The zero-order valence-electron chi connectivity index (χ0n) is 25.3. The Morgan fingerprint density at radius 3 is 1.89 bits per heavy atom. The standard InChI is InChI=1S/C40H32N4/c1-5-25(2)28-20-21-35-31(22-28)32-23-30-29-18-12-13-19-33(29)40(3,4)34(30)24-36(32)44(35)39-42-37(26-14-8-6-9-15-26)41-38(43-39)27-16-10-7-11-17-27/h5-24H,1-4H3. The summed E-state index contributed by atoms with van der Waals surface area (Å²) in [6.07, 6.45) is 2.17. The molecule has 0 saturated heterocycles. The van der Waals surface area contributed by atoms with Gasteiger partial charge in [-0.15, -0.1) is 0 Å². The lowest BCUT2D eigenvalue weighted by Crippen LogP contribution is -2.15. The largest absolute Gasteiger partial charge is 0.278 e. The van der Waals surface area contributed by atoms with E-state index in [0.29, 0.717) is 17.6 Å². The molecule has 0 aliphatic heterocycles. The van der Waals surface area contributed by atoms with Crippen molar-refractivity contribution in [2.75, 3.05) is 0 Å². The molecular weight excluding hydrogens is 536 g/mol. The number of rotatable bonds is 4. The first kappa shape index (κ1) is 26.3. The molecule has 44 heavy (non-hydrogen) atoms. The lowest BCUT2D eigenvalue weighted by molar-refractivity contribution is 0.661. The summed E-state index contributed by atoms with van der Waals surface area (Å²) in [7, 11) is 0. The molecule has 0 unspecified atom stereocenters. The highest BCUT2D eigenvalue weighted by molar-refractivity contribution is 6.12. The number of nitrogens with zero attached hydrogens (tertiary/aromatic N) is 4. The van der Waals surface area contributed by atoms with E-state index in [0.717, 1.165) is 22.2 Å². The van der Waals surface area contributed by atoms with Crippen molar-refractivity contribution in [3.8, 4) is 39.9 Å². The second kappa shape index (κ2) is 9.85. The van der Waals surface area contributed by atoms with Gasteiger partial charge in [0.15, 0.2) is 11.6 Å². The summed E-state index contributed by atoms with van der Waals surface area (Å²) < 4.78 is 2.24. The van der Waals surface area contributed by atoms with Gasteiger partial charge in [0.05, 0.1) is 11.0 Å². The van der Waals surface area contributed by atoms with Gasteiger partial charge in [-0.05, 0) is 71.5 Å². The molecule has 2 heterocycles. The summed E-state index contributed by atoms with van der Waals surface area (Å²) in [6.45, 7) is 8.92. The Labute approximate surface area is 257 Å². The number of hydrogen-bond acceptors (Lipinski definition) is 3. The third-order valence-corrected chi connectivity index (χ3v) is 9.24. The molecule has 0 atom stereocenters. The molecule has 1 aliphatic carbocycles. The van der Waals surface area contributed by atoms with Crippen LogP contribution in [-0.4, -0.2) is 19.5 Å². The zero-order valence-corrected chi connectivity index (χ0v) is 25.3. The van der Waals surface area contributed by atoms with Crippen molar-refractivity contribution in [1.29, 1.82) is 0 Å². The van der Waals surface area contributed by atoms with Crippen LogP contribution in [0.25, 0.3) is 67.2 Å². The van der Waals surface area contributed by atoms with E-state index in [1.54, 1.807) is 0 Å². The predicted molar refractivity (Wildman–Crippen MR) is 182 cm³/mol. The molecule has 0 N–H and O–H groups in total. The molecule has 4 nitrogen and oxygen atoms in total. The average Bonchev–Trinajstić information content (AvgIpc) is 3.51. The SMILES string of the molecule is CC=C(C)c1ccc2c(c1)c1cc3c(cc1n2-c1nc(-c2ccccc2)nc(-c2ccccc2)n1)C(C)(C)c1ccccc1-3. The van der Waals surface area contributed by atoms with Gasteiger partial charge in [-0.2, -0.15) is 9.97 Å². The normalized spacial score (nSPS) is 13.8. The van der Waals surface area contributed by atoms with Crippen molar-refractivity contribution >= 4 is 27.4 Å². The Morgan fingerprint density at radius 1 is 0.614 bits per heavy atom. The maximum Gasteiger partial charge on any atom is 0.238 e. The van der Waals surface area contributed by atoms with E-state index >= 15 is 0 Å². The third-order valence-electron chi connectivity index (χ3n) is 9.24. The van der Waals surface area contributed by atoms with Crippen molar-refractivity contribution in [3.63, 3.8) is 0 Å². The molecule has 7 aromatic rings. The maximum atomic E-state index is 5.14. The van der Waals surface area contributed by atoms with Gasteiger partial charge < -0.3 is 0 Å². The molecule has 212 valence electrons. The summed E-state index contributed by atoms with van der Waals surface area (Å²) in [5, 5.41) is 2.38. The van der Waals surface area contributed by atoms with Gasteiger partial charge >= 0.3 is 0 Å². The molecule has 0 saturated carbocycles. The molecule has 0 spiro atoms. The number of benzene rings is 5. The first-order chi connectivity index (χ1) is 21.4. The lowest BCUT2D eigenvalue weighted by atomic mass is 9.82. The summed E-state index contributed by atoms with van der Waals surface area (Å²) in [5.41, 5.74) is 11.7. The van der Waals surface area contributed by atoms with Crippen LogP contribution in [-0.2, 0) is 5.41 Å².